The zero-order valence-corrected chi connectivity index (χ0v) is 9.89. The number of hydrogen-bond acceptors (Lipinski definition) is 3. The third-order valence-electron chi connectivity index (χ3n) is 3.97. The number of nitrogens with one attached hydrogen (secondary N) is 1. The monoisotopic (exact) mass is 227 g/mol. The van der Waals surface area contributed by atoms with E-state index in [0.717, 1.165) is 17.3 Å². The van der Waals surface area contributed by atoms with Crippen molar-refractivity contribution in [2.75, 3.05) is 18.4 Å². The second-order valence-electron chi connectivity index (χ2n) is 4.97. The standard InChI is InChI=1S/C14H17N3/c15-10-11-3-5-12(6-4-11)16-13-7-9-17-8-1-2-14(13)17/h3-6,13-14,16H,1-2,7-9H2. The van der Waals surface area contributed by atoms with E-state index in [0.29, 0.717) is 6.04 Å². The summed E-state index contributed by atoms with van der Waals surface area (Å²) < 4.78 is 0. The number of hydrogen-bond donors (Lipinski definition) is 1. The average molecular weight is 227 g/mol. The molecule has 0 radical (unpaired) electrons. The summed E-state index contributed by atoms with van der Waals surface area (Å²) >= 11 is 0. The Morgan fingerprint density at radius 2 is 2.00 bits per heavy atom. The van der Waals surface area contributed by atoms with E-state index < -0.39 is 0 Å². The minimum atomic E-state index is 0.588. The molecule has 17 heavy (non-hydrogen) atoms. The first kappa shape index (κ1) is 10.6. The van der Waals surface area contributed by atoms with Gasteiger partial charge in [-0.25, -0.2) is 0 Å². The van der Waals surface area contributed by atoms with Gasteiger partial charge in [0.05, 0.1) is 11.6 Å². The molecule has 1 N–H and O–H groups in total. The number of nitriles is 1. The van der Waals surface area contributed by atoms with Crippen molar-refractivity contribution in [3.8, 4) is 6.07 Å². The van der Waals surface area contributed by atoms with Crippen LogP contribution in [0.25, 0.3) is 0 Å². The minimum Gasteiger partial charge on any atom is -0.381 e. The van der Waals surface area contributed by atoms with E-state index in [1.807, 2.05) is 24.3 Å². The fourth-order valence-corrected chi connectivity index (χ4v) is 3.11. The van der Waals surface area contributed by atoms with Crippen molar-refractivity contribution in [3.63, 3.8) is 0 Å². The van der Waals surface area contributed by atoms with Crippen molar-refractivity contribution in [1.82, 2.24) is 4.90 Å². The van der Waals surface area contributed by atoms with Gasteiger partial charge in [0.25, 0.3) is 0 Å². The topological polar surface area (TPSA) is 39.1 Å². The molecule has 2 heterocycles. The molecule has 2 aliphatic rings. The third-order valence-corrected chi connectivity index (χ3v) is 3.97. The van der Waals surface area contributed by atoms with Crippen LogP contribution in [0.1, 0.15) is 24.8 Å². The normalized spacial score (nSPS) is 27.7. The smallest absolute Gasteiger partial charge is 0.0991 e. The summed E-state index contributed by atoms with van der Waals surface area (Å²) in [7, 11) is 0. The van der Waals surface area contributed by atoms with Crippen molar-refractivity contribution in [2.45, 2.75) is 31.3 Å². The van der Waals surface area contributed by atoms with E-state index in [9.17, 15) is 0 Å². The first-order chi connectivity index (χ1) is 8.36. The first-order valence-corrected chi connectivity index (χ1v) is 6.37. The molecule has 0 aliphatic carbocycles. The van der Waals surface area contributed by atoms with Gasteiger partial charge in [0, 0.05) is 24.3 Å². The Morgan fingerprint density at radius 3 is 2.76 bits per heavy atom. The molecule has 0 spiro atoms. The maximum absolute atomic E-state index is 8.76. The van der Waals surface area contributed by atoms with E-state index >= 15 is 0 Å². The van der Waals surface area contributed by atoms with Crippen molar-refractivity contribution in [2.24, 2.45) is 0 Å². The molecular formula is C14H17N3. The predicted molar refractivity (Wildman–Crippen MR) is 67.8 cm³/mol. The lowest BCUT2D eigenvalue weighted by molar-refractivity contribution is 0.318. The lowest BCUT2D eigenvalue weighted by Crippen LogP contribution is -2.33. The predicted octanol–water partition coefficient (Wildman–Crippen LogP) is 2.21. The van der Waals surface area contributed by atoms with Gasteiger partial charge >= 0.3 is 0 Å². The van der Waals surface area contributed by atoms with Gasteiger partial charge in [0.2, 0.25) is 0 Å². The Kier molecular flexibility index (Phi) is 2.74. The molecule has 2 atom stereocenters. The Balaban J connectivity index is 1.68. The van der Waals surface area contributed by atoms with Gasteiger partial charge < -0.3 is 5.32 Å². The molecule has 2 aliphatic heterocycles. The number of anilines is 1. The lowest BCUT2D eigenvalue weighted by Gasteiger charge is -2.22. The third kappa shape index (κ3) is 2.01. The molecule has 1 aromatic rings. The Bertz CT molecular complexity index is 432. The molecule has 2 fully saturated rings. The molecule has 3 nitrogen and oxygen atoms in total. The average Bonchev–Trinajstić information content (AvgIpc) is 2.95. The fourth-order valence-electron chi connectivity index (χ4n) is 3.11. The van der Waals surface area contributed by atoms with Crippen LogP contribution in [0.2, 0.25) is 0 Å². The van der Waals surface area contributed by atoms with Crippen LogP contribution in [0.5, 0.6) is 0 Å². The minimum absolute atomic E-state index is 0.588. The number of benzene rings is 1. The summed E-state index contributed by atoms with van der Waals surface area (Å²) in [6.07, 6.45) is 3.91. The van der Waals surface area contributed by atoms with Crippen LogP contribution < -0.4 is 5.32 Å². The van der Waals surface area contributed by atoms with Gasteiger partial charge in [-0.05, 0) is 50.1 Å². The van der Waals surface area contributed by atoms with E-state index in [4.69, 9.17) is 5.26 Å². The molecule has 88 valence electrons. The highest BCUT2D eigenvalue weighted by molar-refractivity contribution is 5.48. The molecule has 0 bridgehead atoms. The molecule has 0 saturated carbocycles. The SMILES string of the molecule is N#Cc1ccc(NC2CCN3CCCC23)cc1. The van der Waals surface area contributed by atoms with Crippen LogP contribution in [0, 0.1) is 11.3 Å². The van der Waals surface area contributed by atoms with Gasteiger partial charge in [0.15, 0.2) is 0 Å². The highest BCUT2D eigenvalue weighted by atomic mass is 15.2. The van der Waals surface area contributed by atoms with E-state index in [1.54, 1.807) is 0 Å². The molecule has 0 aromatic heterocycles. The van der Waals surface area contributed by atoms with E-state index in [1.165, 1.54) is 32.4 Å². The zero-order chi connectivity index (χ0) is 11.7. The molecule has 1 aromatic carbocycles. The number of rotatable bonds is 2. The molecule has 3 heteroatoms. The molecule has 2 unspecified atom stereocenters. The van der Waals surface area contributed by atoms with Crippen LogP contribution >= 0.6 is 0 Å². The van der Waals surface area contributed by atoms with Crippen LogP contribution in [0.15, 0.2) is 24.3 Å². The van der Waals surface area contributed by atoms with Crippen LogP contribution in [0.4, 0.5) is 5.69 Å². The van der Waals surface area contributed by atoms with Crippen molar-refractivity contribution >= 4 is 5.69 Å². The van der Waals surface area contributed by atoms with Crippen LogP contribution in [-0.2, 0) is 0 Å². The Labute approximate surface area is 102 Å². The van der Waals surface area contributed by atoms with Crippen molar-refractivity contribution < 1.29 is 0 Å². The molecule has 0 amide bonds. The summed E-state index contributed by atoms with van der Waals surface area (Å²) in [5.74, 6) is 0. The van der Waals surface area contributed by atoms with Gasteiger partial charge in [-0.1, -0.05) is 0 Å². The summed E-state index contributed by atoms with van der Waals surface area (Å²) in [4.78, 5) is 2.60. The highest BCUT2D eigenvalue weighted by Crippen LogP contribution is 2.30. The molecular weight excluding hydrogens is 210 g/mol. The highest BCUT2D eigenvalue weighted by Gasteiger charge is 2.36. The second kappa shape index (κ2) is 4.38. The quantitative estimate of drug-likeness (QED) is 0.842. The van der Waals surface area contributed by atoms with Gasteiger partial charge in [0.1, 0.15) is 0 Å². The zero-order valence-electron chi connectivity index (χ0n) is 9.89. The summed E-state index contributed by atoms with van der Waals surface area (Å²) in [6.45, 7) is 2.51. The first-order valence-electron chi connectivity index (χ1n) is 6.37. The van der Waals surface area contributed by atoms with Gasteiger partial charge in [-0.15, -0.1) is 0 Å². The van der Waals surface area contributed by atoms with Crippen molar-refractivity contribution in [1.29, 1.82) is 5.26 Å². The maximum atomic E-state index is 8.76. The van der Waals surface area contributed by atoms with Crippen LogP contribution in [0.3, 0.4) is 0 Å². The number of fused-ring (bicyclic) bond motifs is 1. The molecule has 3 rings (SSSR count). The van der Waals surface area contributed by atoms with Crippen LogP contribution in [-0.4, -0.2) is 30.1 Å². The second-order valence-corrected chi connectivity index (χ2v) is 4.97. The summed E-state index contributed by atoms with van der Waals surface area (Å²) in [5, 5.41) is 12.4. The van der Waals surface area contributed by atoms with Gasteiger partial charge in [-0.3, -0.25) is 4.90 Å². The fraction of sp³-hybridized carbons (Fsp3) is 0.500. The van der Waals surface area contributed by atoms with E-state index in [-0.39, 0.29) is 0 Å². The Hall–Kier alpha value is -1.53. The molecule has 2 saturated heterocycles. The lowest BCUT2D eigenvalue weighted by atomic mass is 10.1. The largest absolute Gasteiger partial charge is 0.381 e. The van der Waals surface area contributed by atoms with Gasteiger partial charge in [-0.2, -0.15) is 5.26 Å². The van der Waals surface area contributed by atoms with Crippen molar-refractivity contribution in [3.05, 3.63) is 29.8 Å². The maximum Gasteiger partial charge on any atom is 0.0991 e. The number of nitrogens with zero attached hydrogens (tertiary/aromatic N) is 2. The Morgan fingerprint density at radius 1 is 1.18 bits per heavy atom. The summed E-state index contributed by atoms with van der Waals surface area (Å²) in [6, 6.07) is 11.2. The summed E-state index contributed by atoms with van der Waals surface area (Å²) in [5.41, 5.74) is 1.87. The van der Waals surface area contributed by atoms with E-state index in [2.05, 4.69) is 16.3 Å².